The van der Waals surface area contributed by atoms with E-state index >= 15 is 0 Å². The maximum Gasteiger partial charge on any atom is 0.339 e. The largest absolute Gasteiger partial charge is 0.453 e. The molecule has 0 aliphatic carbocycles. The topological polar surface area (TPSA) is 244 Å². The average Bonchev–Trinajstić information content (AvgIpc) is 3.22. The molecule has 18 nitrogen and oxygen atoms in total. The van der Waals surface area contributed by atoms with Gasteiger partial charge in [-0.2, -0.15) is 0 Å². The van der Waals surface area contributed by atoms with Gasteiger partial charge >= 0.3 is 11.9 Å². The molecule has 316 valence electrons. The van der Waals surface area contributed by atoms with Crippen LogP contribution in [0.4, 0.5) is 22.7 Å². The van der Waals surface area contributed by atoms with Crippen LogP contribution in [0.2, 0.25) is 0 Å². The minimum Gasteiger partial charge on any atom is -0.453 e. The molecule has 0 unspecified atom stereocenters. The second-order valence-electron chi connectivity index (χ2n) is 13.8. The minimum atomic E-state index is -1.15. The summed E-state index contributed by atoms with van der Waals surface area (Å²) in [6, 6.07) is 24.2. The summed E-state index contributed by atoms with van der Waals surface area (Å²) in [5, 5.41) is 44.3. The van der Waals surface area contributed by atoms with Gasteiger partial charge in [0.1, 0.15) is 11.2 Å². The Bertz CT molecular complexity index is 1980. The highest BCUT2D eigenvalue weighted by Crippen LogP contribution is 2.31. The fraction of sp³-hybridized carbons (Fsp3) is 0.286. The maximum absolute atomic E-state index is 12.7. The first-order valence-corrected chi connectivity index (χ1v) is 18.2. The number of hydrogen-bond donors (Lipinski definition) is 0. The number of carbonyl (C=O) groups is 2. The number of nitrogens with zero attached hydrogens (tertiary/aromatic N) is 4. The Hall–Kier alpha value is -7.18. The van der Waals surface area contributed by atoms with E-state index in [0.717, 1.165) is 47.5 Å². The Morgan fingerprint density at radius 2 is 0.850 bits per heavy atom. The van der Waals surface area contributed by atoms with Gasteiger partial charge in [0.05, 0.1) is 68.4 Å². The molecule has 0 saturated carbocycles. The molecule has 0 saturated heterocycles. The van der Waals surface area contributed by atoms with E-state index in [1.807, 2.05) is 60.7 Å². The summed E-state index contributed by atoms with van der Waals surface area (Å²) < 4.78 is 22.9. The molecule has 0 radical (unpaired) electrons. The van der Waals surface area contributed by atoms with Crippen molar-refractivity contribution in [3.8, 4) is 0 Å². The number of nitro groups is 4. The maximum atomic E-state index is 12.7. The zero-order valence-corrected chi connectivity index (χ0v) is 33.3. The molecule has 0 aliphatic heterocycles. The Morgan fingerprint density at radius 1 is 0.567 bits per heavy atom. The van der Waals surface area contributed by atoms with Gasteiger partial charge in [0.2, 0.25) is 0 Å². The lowest BCUT2D eigenvalue weighted by Gasteiger charge is -2.34. The molecule has 0 spiro atoms. The molecule has 0 aromatic heterocycles. The van der Waals surface area contributed by atoms with Crippen molar-refractivity contribution in [2.24, 2.45) is 0 Å². The molecule has 4 aromatic rings. The SMILES string of the molecule is C=CC[C@](C)(OC(=O)c1cc([N+](=O)[O-])cc([N+](=O)[O-])c1)[C@H](C)OCc1ccccc1.C=CC[C@](C)(OC(=O)c1cc([N+](=O)[O-])cc([N+](=O)[O-])c1)[C@H](C)OCc1ccccc1. The smallest absolute Gasteiger partial charge is 0.339 e. The monoisotopic (exact) mass is 828 g/mol. The van der Waals surface area contributed by atoms with Gasteiger partial charge in [-0.3, -0.25) is 40.5 Å². The van der Waals surface area contributed by atoms with E-state index in [1.54, 1.807) is 39.8 Å². The minimum absolute atomic E-state index is 0.242. The molecule has 0 N–H and O–H groups in total. The van der Waals surface area contributed by atoms with Gasteiger partial charge in [0.25, 0.3) is 22.7 Å². The molecule has 0 bridgehead atoms. The summed E-state index contributed by atoms with van der Waals surface area (Å²) in [5.41, 5.74) is -3.30. The van der Waals surface area contributed by atoms with Crippen LogP contribution >= 0.6 is 0 Å². The first-order chi connectivity index (χ1) is 28.3. The molecule has 0 heterocycles. The van der Waals surface area contributed by atoms with Crippen molar-refractivity contribution >= 4 is 34.7 Å². The molecule has 4 atom stereocenters. The van der Waals surface area contributed by atoms with E-state index < -0.39 is 77.8 Å². The number of esters is 2. The van der Waals surface area contributed by atoms with Crippen LogP contribution in [0.1, 0.15) is 72.4 Å². The standard InChI is InChI=1S/2C21H22N2O7/c2*1-4-10-21(3,15(2)29-14-16-8-6-5-7-9-16)30-20(24)17-11-18(22(25)26)13-19(12-17)23(27)28/h2*4-9,11-13,15H,1,10,14H2,2-3H3/t2*15-,21-/m00/s1. The number of carbonyl (C=O) groups excluding carboxylic acids is 2. The lowest BCUT2D eigenvalue weighted by Crippen LogP contribution is -2.43. The molecular weight excluding hydrogens is 784 g/mol. The van der Waals surface area contributed by atoms with Crippen molar-refractivity contribution in [1.82, 2.24) is 0 Å². The number of hydrogen-bond acceptors (Lipinski definition) is 14. The summed E-state index contributed by atoms with van der Waals surface area (Å²) in [5.74, 6) is -1.86. The van der Waals surface area contributed by atoms with E-state index in [0.29, 0.717) is 0 Å². The van der Waals surface area contributed by atoms with Crippen molar-refractivity contribution in [2.45, 2.75) is 77.2 Å². The van der Waals surface area contributed by atoms with Crippen LogP contribution in [0.15, 0.2) is 122 Å². The fourth-order valence-corrected chi connectivity index (χ4v) is 5.49. The van der Waals surface area contributed by atoms with Gasteiger partial charge in [0, 0.05) is 37.1 Å². The fourth-order valence-electron chi connectivity index (χ4n) is 5.49. The highest BCUT2D eigenvalue weighted by Gasteiger charge is 2.38. The molecule has 4 aromatic carbocycles. The Morgan fingerprint density at radius 3 is 1.10 bits per heavy atom. The zero-order chi connectivity index (χ0) is 44.6. The van der Waals surface area contributed by atoms with Crippen LogP contribution in [0, 0.1) is 40.5 Å². The lowest BCUT2D eigenvalue weighted by atomic mass is 9.95. The van der Waals surface area contributed by atoms with Crippen LogP contribution in [0.3, 0.4) is 0 Å². The van der Waals surface area contributed by atoms with Crippen LogP contribution in [0.25, 0.3) is 0 Å². The van der Waals surface area contributed by atoms with Crippen LogP contribution in [-0.2, 0) is 32.2 Å². The summed E-state index contributed by atoms with van der Waals surface area (Å²) in [6.45, 7) is 14.7. The van der Waals surface area contributed by atoms with E-state index in [4.69, 9.17) is 18.9 Å². The predicted octanol–water partition coefficient (Wildman–Crippen LogP) is 9.20. The van der Waals surface area contributed by atoms with Crippen molar-refractivity contribution in [3.63, 3.8) is 0 Å². The molecule has 60 heavy (non-hydrogen) atoms. The van der Waals surface area contributed by atoms with Crippen LogP contribution < -0.4 is 0 Å². The molecule has 0 fully saturated rings. The molecular formula is C42H44N4O14. The molecule has 0 amide bonds. The number of ether oxygens (including phenoxy) is 4. The van der Waals surface area contributed by atoms with Crippen molar-refractivity contribution in [1.29, 1.82) is 0 Å². The van der Waals surface area contributed by atoms with Crippen molar-refractivity contribution in [3.05, 3.63) is 185 Å². The van der Waals surface area contributed by atoms with Crippen LogP contribution in [0.5, 0.6) is 0 Å². The highest BCUT2D eigenvalue weighted by molar-refractivity contribution is 5.92. The second-order valence-corrected chi connectivity index (χ2v) is 13.8. The van der Waals surface area contributed by atoms with E-state index in [9.17, 15) is 50.0 Å². The summed E-state index contributed by atoms with van der Waals surface area (Å²) in [7, 11) is 0. The van der Waals surface area contributed by atoms with Gasteiger partial charge in [0.15, 0.2) is 0 Å². The Balaban J connectivity index is 0.000000320. The van der Waals surface area contributed by atoms with Gasteiger partial charge in [-0.25, -0.2) is 9.59 Å². The average molecular weight is 829 g/mol. The number of non-ortho nitro benzene ring substituents is 4. The van der Waals surface area contributed by atoms with Gasteiger partial charge < -0.3 is 18.9 Å². The zero-order valence-electron chi connectivity index (χ0n) is 33.3. The number of rotatable bonds is 20. The quantitative estimate of drug-likeness (QED) is 0.0349. The van der Waals surface area contributed by atoms with E-state index in [-0.39, 0.29) is 37.2 Å². The Kier molecular flexibility index (Phi) is 16.9. The van der Waals surface area contributed by atoms with Gasteiger partial charge in [-0.05, 0) is 38.8 Å². The molecule has 18 heteroatoms. The van der Waals surface area contributed by atoms with Gasteiger partial charge in [-0.1, -0.05) is 72.8 Å². The molecule has 0 aliphatic rings. The second kappa shape index (κ2) is 21.5. The van der Waals surface area contributed by atoms with Crippen molar-refractivity contribution in [2.75, 3.05) is 0 Å². The third kappa shape index (κ3) is 13.5. The van der Waals surface area contributed by atoms with E-state index in [2.05, 4.69) is 13.2 Å². The van der Waals surface area contributed by atoms with Crippen LogP contribution in [-0.4, -0.2) is 55.0 Å². The Labute approximate surface area is 344 Å². The third-order valence-corrected chi connectivity index (χ3v) is 9.28. The number of benzene rings is 4. The summed E-state index contributed by atoms with van der Waals surface area (Å²) >= 11 is 0. The third-order valence-electron chi connectivity index (χ3n) is 9.28. The first-order valence-electron chi connectivity index (χ1n) is 18.2. The number of nitro benzene ring substituents is 4. The van der Waals surface area contributed by atoms with Gasteiger partial charge in [-0.15, -0.1) is 13.2 Å². The predicted molar refractivity (Wildman–Crippen MR) is 218 cm³/mol. The first kappa shape index (κ1) is 47.2. The van der Waals surface area contributed by atoms with Crippen molar-refractivity contribution < 1.29 is 48.2 Å². The lowest BCUT2D eigenvalue weighted by molar-refractivity contribution is -0.394. The summed E-state index contributed by atoms with van der Waals surface area (Å²) in [6.07, 6.45) is 2.48. The molecule has 4 rings (SSSR count). The summed E-state index contributed by atoms with van der Waals surface area (Å²) in [4.78, 5) is 66.4. The van der Waals surface area contributed by atoms with E-state index in [1.165, 1.54) is 0 Å². The highest BCUT2D eigenvalue weighted by atomic mass is 16.6. The normalized spacial score (nSPS) is 13.7.